The number of carbonyl (C=O) groups excluding carboxylic acids is 3. The van der Waals surface area contributed by atoms with Crippen molar-refractivity contribution in [2.45, 2.75) is 47.4 Å². The van der Waals surface area contributed by atoms with E-state index in [0.717, 1.165) is 4.90 Å². The molecule has 0 aromatic heterocycles. The molecule has 2 aliphatic heterocycles. The van der Waals surface area contributed by atoms with Gasteiger partial charge in [-0.05, 0) is 39.2 Å². The Bertz CT molecular complexity index is 856. The van der Waals surface area contributed by atoms with Gasteiger partial charge in [-0.3, -0.25) is 14.4 Å². The highest BCUT2D eigenvalue weighted by molar-refractivity contribution is 8.01. The van der Waals surface area contributed by atoms with Crippen molar-refractivity contribution in [3.63, 3.8) is 0 Å². The van der Waals surface area contributed by atoms with Crippen LogP contribution in [0.5, 0.6) is 0 Å². The topological polar surface area (TPSA) is 104 Å². The fraction of sp³-hybridized carbons (Fsp3) is 0.444. The lowest BCUT2D eigenvalue weighted by molar-refractivity contribution is -0.170. The van der Waals surface area contributed by atoms with E-state index in [1.807, 2.05) is 6.26 Å². The summed E-state index contributed by atoms with van der Waals surface area (Å²) in [6, 6.07) is 5.86. The third-order valence-electron chi connectivity index (χ3n) is 5.00. The summed E-state index contributed by atoms with van der Waals surface area (Å²) >= 11 is 2.61. The number of hydrogen-bond acceptors (Lipinski definition) is 6. The highest BCUT2D eigenvalue weighted by Gasteiger charge is 2.74. The second kappa shape index (κ2) is 6.56. The Kier molecular flexibility index (Phi) is 4.80. The summed E-state index contributed by atoms with van der Waals surface area (Å²) in [5, 5.41) is 11.4. The summed E-state index contributed by atoms with van der Waals surface area (Å²) in [6.07, 6.45) is 1.83. The normalized spacial score (nSPS) is 28.3. The lowest BCUT2D eigenvalue weighted by Gasteiger charge is -2.51. The van der Waals surface area contributed by atoms with Crippen molar-refractivity contribution >= 4 is 47.1 Å². The minimum Gasteiger partial charge on any atom is -0.480 e. The van der Waals surface area contributed by atoms with Crippen molar-refractivity contribution in [2.75, 3.05) is 6.26 Å². The fourth-order valence-electron chi connectivity index (χ4n) is 3.67. The van der Waals surface area contributed by atoms with Gasteiger partial charge in [0.2, 0.25) is 5.54 Å². The lowest BCUT2D eigenvalue weighted by atomic mass is 9.81. The van der Waals surface area contributed by atoms with Crippen LogP contribution >= 0.6 is 23.5 Å². The summed E-state index contributed by atoms with van der Waals surface area (Å²) in [4.78, 5) is 51.9. The first-order chi connectivity index (χ1) is 12.6. The van der Waals surface area contributed by atoms with Crippen LogP contribution in [-0.4, -0.2) is 61.5 Å². The largest absolute Gasteiger partial charge is 0.480 e. The van der Waals surface area contributed by atoms with Gasteiger partial charge in [0, 0.05) is 9.64 Å². The molecule has 2 amide bonds. The molecule has 1 aromatic carbocycles. The van der Waals surface area contributed by atoms with Crippen molar-refractivity contribution in [2.24, 2.45) is 0 Å². The zero-order chi connectivity index (χ0) is 20.1. The molecule has 2 aliphatic rings. The molecule has 1 unspecified atom stereocenters. The van der Waals surface area contributed by atoms with Crippen molar-refractivity contribution in [3.8, 4) is 0 Å². The van der Waals surface area contributed by atoms with E-state index in [2.05, 4.69) is 5.32 Å². The number of benzene rings is 1. The zero-order valence-electron chi connectivity index (χ0n) is 15.3. The Morgan fingerprint density at radius 2 is 1.89 bits per heavy atom. The molecule has 2 saturated heterocycles. The van der Waals surface area contributed by atoms with Crippen molar-refractivity contribution < 1.29 is 24.3 Å². The van der Waals surface area contributed by atoms with Crippen molar-refractivity contribution in [3.05, 3.63) is 29.8 Å². The quantitative estimate of drug-likeness (QED) is 0.433. The molecule has 0 spiro atoms. The molecule has 2 fully saturated rings. The number of rotatable bonds is 5. The summed E-state index contributed by atoms with van der Waals surface area (Å²) in [6.45, 7) is 4.69. The monoisotopic (exact) mass is 408 g/mol. The molecule has 3 rings (SSSR count). The molecule has 1 aromatic rings. The molecule has 7 nitrogen and oxygen atoms in total. The van der Waals surface area contributed by atoms with E-state index in [4.69, 9.17) is 0 Å². The maximum absolute atomic E-state index is 12.9. The van der Waals surface area contributed by atoms with Gasteiger partial charge < -0.3 is 15.3 Å². The molecule has 0 aliphatic carbocycles. The van der Waals surface area contributed by atoms with Gasteiger partial charge in [0.15, 0.2) is 5.78 Å². The van der Waals surface area contributed by atoms with Gasteiger partial charge >= 0.3 is 5.97 Å². The van der Waals surface area contributed by atoms with E-state index in [9.17, 15) is 24.3 Å². The van der Waals surface area contributed by atoms with Crippen LogP contribution in [0.2, 0.25) is 0 Å². The average molecular weight is 409 g/mol. The van der Waals surface area contributed by atoms with Crippen LogP contribution < -0.4 is 5.32 Å². The Morgan fingerprint density at radius 3 is 2.44 bits per heavy atom. The number of β-lactam (4-membered cyclic amide) rings is 1. The van der Waals surface area contributed by atoms with E-state index in [0.29, 0.717) is 5.56 Å². The Hall–Kier alpha value is -2.00. The highest BCUT2D eigenvalue weighted by atomic mass is 32.2. The molecule has 0 bridgehead atoms. The summed E-state index contributed by atoms with van der Waals surface area (Å²) in [5.41, 5.74) is -1.37. The standard InChI is InChI=1S/C18H20N2O5S2/c1-9(21)18(19-13(22)10-7-5-6-8-11(10)26-4)15(25)20-12(14(23)24)17(2,3)27-16(18)20/h5-8,12,16H,1-4H3,(H,19,22)(H,23,24)/t12-,16+,18?/m0/s1. The molecule has 2 N–H and O–H groups in total. The van der Waals surface area contributed by atoms with Crippen molar-refractivity contribution in [1.29, 1.82) is 0 Å². The first-order valence-corrected chi connectivity index (χ1v) is 10.4. The Morgan fingerprint density at radius 1 is 1.26 bits per heavy atom. The number of aliphatic carboxylic acids is 1. The molecular formula is C18H20N2O5S2. The maximum atomic E-state index is 12.9. The fourth-order valence-corrected chi connectivity index (χ4v) is 6.01. The Labute approximate surface area is 165 Å². The van der Waals surface area contributed by atoms with Crippen LogP contribution in [0.4, 0.5) is 0 Å². The van der Waals surface area contributed by atoms with Gasteiger partial charge in [0.05, 0.1) is 5.56 Å². The molecule has 3 atom stereocenters. The number of nitrogens with one attached hydrogen (secondary N) is 1. The van der Waals surface area contributed by atoms with Crippen LogP contribution in [0.15, 0.2) is 29.2 Å². The minimum absolute atomic E-state index is 0.369. The number of hydrogen-bond donors (Lipinski definition) is 2. The first kappa shape index (κ1) is 19.8. The Balaban J connectivity index is 1.98. The van der Waals surface area contributed by atoms with E-state index < -0.39 is 45.3 Å². The van der Waals surface area contributed by atoms with Gasteiger partial charge in [-0.1, -0.05) is 12.1 Å². The number of Topliss-reactive ketones (excluding diaryl/α,β-unsaturated/α-hetero) is 1. The summed E-state index contributed by atoms with van der Waals surface area (Å²) in [7, 11) is 0. The third kappa shape index (κ3) is 2.75. The predicted octanol–water partition coefficient (Wildman–Crippen LogP) is 1.61. The molecule has 2 heterocycles. The van der Waals surface area contributed by atoms with E-state index in [1.54, 1.807) is 38.1 Å². The van der Waals surface area contributed by atoms with E-state index in [-0.39, 0.29) is 0 Å². The third-order valence-corrected chi connectivity index (χ3v) is 7.43. The molecule has 9 heteroatoms. The molecule has 0 saturated carbocycles. The number of nitrogens with zero attached hydrogens (tertiary/aromatic N) is 1. The first-order valence-electron chi connectivity index (χ1n) is 8.28. The van der Waals surface area contributed by atoms with Crippen LogP contribution in [0.3, 0.4) is 0 Å². The van der Waals surface area contributed by atoms with Crippen LogP contribution in [-0.2, 0) is 14.4 Å². The van der Waals surface area contributed by atoms with Gasteiger partial charge in [0.25, 0.3) is 11.8 Å². The second-order valence-electron chi connectivity index (χ2n) is 7.05. The average Bonchev–Trinajstić information content (AvgIpc) is 2.87. The number of carboxylic acid groups (broad SMARTS) is 1. The number of thioether (sulfide) groups is 2. The molecule has 0 radical (unpaired) electrons. The number of carboxylic acids is 1. The van der Waals surface area contributed by atoms with Gasteiger partial charge in [-0.15, -0.1) is 23.5 Å². The minimum atomic E-state index is -1.74. The lowest BCUT2D eigenvalue weighted by Crippen LogP contribution is -2.82. The summed E-state index contributed by atoms with van der Waals surface area (Å²) in [5.74, 6) is -2.82. The molecule has 27 heavy (non-hydrogen) atoms. The second-order valence-corrected chi connectivity index (χ2v) is 9.63. The number of amides is 2. The smallest absolute Gasteiger partial charge is 0.327 e. The number of carbonyl (C=O) groups is 4. The number of fused-ring (bicyclic) bond motifs is 1. The van der Waals surface area contributed by atoms with Crippen LogP contribution in [0.25, 0.3) is 0 Å². The van der Waals surface area contributed by atoms with Gasteiger partial charge in [-0.2, -0.15) is 0 Å². The molecular weight excluding hydrogens is 388 g/mol. The van der Waals surface area contributed by atoms with E-state index >= 15 is 0 Å². The predicted molar refractivity (Wildman–Crippen MR) is 103 cm³/mol. The van der Waals surface area contributed by atoms with Gasteiger partial charge in [-0.25, -0.2) is 4.79 Å². The van der Waals surface area contributed by atoms with Gasteiger partial charge in [0.1, 0.15) is 11.4 Å². The zero-order valence-corrected chi connectivity index (χ0v) is 16.9. The van der Waals surface area contributed by atoms with Crippen molar-refractivity contribution in [1.82, 2.24) is 10.2 Å². The number of ketones is 1. The SMILES string of the molecule is CSc1ccccc1C(=O)NC1(C(C)=O)C(=O)N2[C@@H](C(=O)O)C(C)(C)S[C@@H]21. The molecule has 144 valence electrons. The van der Waals surface area contributed by atoms with Crippen LogP contribution in [0, 0.1) is 0 Å². The highest BCUT2D eigenvalue weighted by Crippen LogP contribution is 2.55. The van der Waals surface area contributed by atoms with Crippen LogP contribution in [0.1, 0.15) is 31.1 Å². The maximum Gasteiger partial charge on any atom is 0.327 e. The summed E-state index contributed by atoms with van der Waals surface area (Å²) < 4.78 is -0.786. The van der Waals surface area contributed by atoms with E-state index in [1.165, 1.54) is 35.3 Å².